The van der Waals surface area contributed by atoms with Crippen LogP contribution in [0.25, 0.3) is 0 Å². The van der Waals surface area contributed by atoms with Crippen LogP contribution in [0.1, 0.15) is 64.2 Å². The molecule has 1 aliphatic heterocycles. The minimum Gasteiger partial charge on any atom is -0.480 e. The molecule has 2 heterocycles. The molecule has 0 radical (unpaired) electrons. The van der Waals surface area contributed by atoms with Crippen LogP contribution in [-0.4, -0.2) is 50.5 Å². The van der Waals surface area contributed by atoms with E-state index >= 15 is 0 Å². The first-order valence-electron chi connectivity index (χ1n) is 11.1. The molecule has 156 valence electrons. The van der Waals surface area contributed by atoms with E-state index in [0.29, 0.717) is 24.2 Å². The maximum atomic E-state index is 13.7. The van der Waals surface area contributed by atoms with E-state index in [2.05, 4.69) is 15.3 Å². The zero-order valence-electron chi connectivity index (χ0n) is 16.8. The number of anilines is 1. The molecule has 4 aliphatic rings. The highest BCUT2D eigenvalue weighted by atomic mass is 16.4. The lowest BCUT2D eigenvalue weighted by Gasteiger charge is -2.35. The van der Waals surface area contributed by atoms with E-state index in [4.69, 9.17) is 0 Å². The Bertz CT molecular complexity index is 791. The molecule has 3 atom stereocenters. The molecular weight excluding hydrogens is 368 g/mol. The van der Waals surface area contributed by atoms with Gasteiger partial charge in [0.05, 0.1) is 6.20 Å². The summed E-state index contributed by atoms with van der Waals surface area (Å²) < 4.78 is 0. The summed E-state index contributed by atoms with van der Waals surface area (Å²) in [4.78, 5) is 35.9. The van der Waals surface area contributed by atoms with Crippen molar-refractivity contribution in [2.75, 3.05) is 11.9 Å². The van der Waals surface area contributed by atoms with E-state index in [-0.39, 0.29) is 17.2 Å². The van der Waals surface area contributed by atoms with Gasteiger partial charge >= 0.3 is 5.97 Å². The molecule has 0 aromatic carbocycles. The number of aromatic nitrogens is 2. The topological polar surface area (TPSA) is 95.4 Å². The number of carbonyl (C=O) groups excluding carboxylic acids is 1. The second-order valence-electron chi connectivity index (χ2n) is 9.73. The van der Waals surface area contributed by atoms with Gasteiger partial charge in [-0.15, -0.1) is 0 Å². The molecule has 5 rings (SSSR count). The fourth-order valence-corrected chi connectivity index (χ4v) is 6.42. The van der Waals surface area contributed by atoms with E-state index in [1.54, 1.807) is 23.5 Å². The Morgan fingerprint density at radius 1 is 1.14 bits per heavy atom. The summed E-state index contributed by atoms with van der Waals surface area (Å²) >= 11 is 0. The quantitative estimate of drug-likeness (QED) is 0.791. The number of amides is 1. The first kappa shape index (κ1) is 18.8. The number of hydrogen-bond donors (Lipinski definition) is 2. The van der Waals surface area contributed by atoms with Gasteiger partial charge in [-0.25, -0.2) is 9.78 Å². The van der Waals surface area contributed by atoms with Gasteiger partial charge in [-0.05, 0) is 55.3 Å². The molecule has 29 heavy (non-hydrogen) atoms. The highest BCUT2D eigenvalue weighted by Gasteiger charge is 2.73. The van der Waals surface area contributed by atoms with Gasteiger partial charge < -0.3 is 15.3 Å². The van der Waals surface area contributed by atoms with Gasteiger partial charge in [0.2, 0.25) is 5.91 Å². The number of carboxylic acid groups (broad SMARTS) is 1. The van der Waals surface area contributed by atoms with Crippen LogP contribution in [-0.2, 0) is 9.59 Å². The Hall–Kier alpha value is -2.18. The van der Waals surface area contributed by atoms with Crippen molar-refractivity contribution in [3.05, 3.63) is 18.6 Å². The summed E-state index contributed by atoms with van der Waals surface area (Å²) in [5.74, 6) is -0.132. The average Bonchev–Trinajstić information content (AvgIpc) is 3.22. The van der Waals surface area contributed by atoms with Gasteiger partial charge in [-0.2, -0.15) is 0 Å². The number of fused-ring (bicyclic) bond motifs is 1. The first-order valence-corrected chi connectivity index (χ1v) is 11.1. The smallest absolute Gasteiger partial charge is 0.326 e. The third-order valence-electron chi connectivity index (χ3n) is 8.24. The number of likely N-dealkylation sites (tertiary alicyclic amines) is 1. The van der Waals surface area contributed by atoms with E-state index in [9.17, 15) is 14.7 Å². The number of aliphatic carboxylic acids is 1. The van der Waals surface area contributed by atoms with Crippen LogP contribution in [0.15, 0.2) is 18.6 Å². The van der Waals surface area contributed by atoms with Gasteiger partial charge in [0.1, 0.15) is 17.9 Å². The summed E-state index contributed by atoms with van der Waals surface area (Å²) in [7, 11) is 0. The SMILES string of the molecule is O=C(O)[C@@H]1C[C@@]2(CN1C(=O)C(Nc1cnccn1)C1CCCCC1)CC21CCC1. The first-order chi connectivity index (χ1) is 14.0. The molecule has 1 unspecified atom stereocenters. The predicted molar refractivity (Wildman–Crippen MR) is 107 cm³/mol. The fourth-order valence-electron chi connectivity index (χ4n) is 6.42. The lowest BCUT2D eigenvalue weighted by molar-refractivity contribution is -0.149. The zero-order valence-corrected chi connectivity index (χ0v) is 16.8. The van der Waals surface area contributed by atoms with E-state index < -0.39 is 18.1 Å². The largest absolute Gasteiger partial charge is 0.480 e. The van der Waals surface area contributed by atoms with Crippen molar-refractivity contribution in [1.29, 1.82) is 0 Å². The molecular formula is C22H30N4O3. The van der Waals surface area contributed by atoms with Crippen LogP contribution in [0.5, 0.6) is 0 Å². The van der Waals surface area contributed by atoms with Crippen LogP contribution >= 0.6 is 0 Å². The van der Waals surface area contributed by atoms with E-state index in [0.717, 1.165) is 32.1 Å². The Morgan fingerprint density at radius 2 is 1.93 bits per heavy atom. The van der Waals surface area contributed by atoms with Gasteiger partial charge in [-0.3, -0.25) is 9.78 Å². The normalized spacial score (nSPS) is 31.4. The number of nitrogens with one attached hydrogen (secondary N) is 1. The van der Waals surface area contributed by atoms with Crippen molar-refractivity contribution >= 4 is 17.7 Å². The monoisotopic (exact) mass is 398 g/mol. The molecule has 1 amide bonds. The van der Waals surface area contributed by atoms with Crippen LogP contribution < -0.4 is 5.32 Å². The summed E-state index contributed by atoms with van der Waals surface area (Å²) in [5.41, 5.74) is 0.377. The molecule has 2 N–H and O–H groups in total. The minimum atomic E-state index is -0.863. The molecule has 0 bridgehead atoms. The highest BCUT2D eigenvalue weighted by Crippen LogP contribution is 2.77. The van der Waals surface area contributed by atoms with Crippen molar-refractivity contribution in [3.63, 3.8) is 0 Å². The summed E-state index contributed by atoms with van der Waals surface area (Å²) in [5, 5.41) is 13.2. The molecule has 4 fully saturated rings. The van der Waals surface area contributed by atoms with Gasteiger partial charge in [0.25, 0.3) is 0 Å². The molecule has 1 aromatic rings. The lowest BCUT2D eigenvalue weighted by Crippen LogP contribution is -2.51. The third-order valence-corrected chi connectivity index (χ3v) is 8.24. The number of carbonyl (C=O) groups is 2. The second-order valence-corrected chi connectivity index (χ2v) is 9.73. The molecule has 1 saturated heterocycles. The molecule has 3 aliphatic carbocycles. The zero-order chi connectivity index (χ0) is 20.1. The molecule has 7 heteroatoms. The second kappa shape index (κ2) is 6.96. The molecule has 3 saturated carbocycles. The summed E-state index contributed by atoms with van der Waals surface area (Å²) in [6.07, 6.45) is 15.6. The standard InChI is InChI=1S/C22H30N4O3/c27-19(18(15-5-2-1-3-6-15)25-17-12-23-9-10-24-17)26-14-22(11-16(26)20(28)29)13-21(22)7-4-8-21/h9-10,12,15-16,18H,1-8,11,13-14H2,(H,24,25)(H,28,29)/t16-,18?,22-/m0/s1. The van der Waals surface area contributed by atoms with Crippen LogP contribution in [0.2, 0.25) is 0 Å². The molecule has 7 nitrogen and oxygen atoms in total. The van der Waals surface area contributed by atoms with Crippen molar-refractivity contribution in [2.24, 2.45) is 16.7 Å². The van der Waals surface area contributed by atoms with Gasteiger partial charge in [0, 0.05) is 18.9 Å². The molecule has 1 aromatic heterocycles. The fraction of sp³-hybridized carbons (Fsp3) is 0.727. The van der Waals surface area contributed by atoms with Crippen molar-refractivity contribution in [2.45, 2.75) is 76.3 Å². The Balaban J connectivity index is 1.40. The van der Waals surface area contributed by atoms with Gasteiger partial charge in [0.15, 0.2) is 0 Å². The Morgan fingerprint density at radius 3 is 2.52 bits per heavy atom. The Labute approximate surface area is 171 Å². The highest BCUT2D eigenvalue weighted by molar-refractivity contribution is 5.90. The lowest BCUT2D eigenvalue weighted by atomic mass is 9.74. The average molecular weight is 399 g/mol. The summed E-state index contributed by atoms with van der Waals surface area (Å²) in [6.45, 7) is 0.605. The Kier molecular flexibility index (Phi) is 4.51. The molecule has 2 spiro atoms. The van der Waals surface area contributed by atoms with Gasteiger partial charge in [-0.1, -0.05) is 25.7 Å². The summed E-state index contributed by atoms with van der Waals surface area (Å²) in [6, 6.07) is -1.13. The van der Waals surface area contributed by atoms with Crippen molar-refractivity contribution < 1.29 is 14.7 Å². The van der Waals surface area contributed by atoms with E-state index in [1.165, 1.54) is 25.7 Å². The number of carboxylic acids is 1. The maximum absolute atomic E-state index is 13.7. The van der Waals surface area contributed by atoms with E-state index in [1.807, 2.05) is 0 Å². The number of hydrogen-bond acceptors (Lipinski definition) is 5. The van der Waals surface area contributed by atoms with Crippen LogP contribution in [0.3, 0.4) is 0 Å². The number of nitrogens with zero attached hydrogens (tertiary/aromatic N) is 3. The third kappa shape index (κ3) is 3.09. The van der Waals surface area contributed by atoms with Crippen molar-refractivity contribution in [1.82, 2.24) is 14.9 Å². The number of rotatable bonds is 5. The minimum absolute atomic E-state index is 0.0492. The predicted octanol–water partition coefficient (Wildman–Crippen LogP) is 3.08. The van der Waals surface area contributed by atoms with Crippen molar-refractivity contribution in [3.8, 4) is 0 Å². The maximum Gasteiger partial charge on any atom is 0.326 e. The van der Waals surface area contributed by atoms with Crippen LogP contribution in [0.4, 0.5) is 5.82 Å². The van der Waals surface area contributed by atoms with Crippen LogP contribution in [0, 0.1) is 16.7 Å².